The molecular weight excluding hydrogens is 510 g/mol. The van der Waals surface area contributed by atoms with E-state index in [-0.39, 0.29) is 5.78 Å². The van der Waals surface area contributed by atoms with E-state index in [9.17, 15) is 4.79 Å². The van der Waals surface area contributed by atoms with E-state index in [4.69, 9.17) is 14.2 Å². The number of carbonyl (C=O) groups excluding carboxylic acids is 1. The maximum Gasteiger partial charge on any atom is 0.164 e. The van der Waals surface area contributed by atoms with Crippen LogP contribution in [0.25, 0.3) is 0 Å². The molecule has 0 radical (unpaired) electrons. The van der Waals surface area contributed by atoms with Gasteiger partial charge in [0.1, 0.15) is 5.75 Å². The van der Waals surface area contributed by atoms with E-state index < -0.39 is 0 Å². The third-order valence-electron chi connectivity index (χ3n) is 2.98. The van der Waals surface area contributed by atoms with Crippen molar-refractivity contribution >= 4 is 51.0 Å². The highest BCUT2D eigenvalue weighted by Gasteiger charge is 2.13. The fraction of sp³-hybridized carbons (Fsp3) is 0.188. The highest BCUT2D eigenvalue weighted by atomic mass is 127. The second-order valence-corrected chi connectivity index (χ2v) is 6.77. The summed E-state index contributed by atoms with van der Waals surface area (Å²) >= 11 is 4.33. The van der Waals surface area contributed by atoms with Crippen molar-refractivity contribution in [3.05, 3.63) is 43.0 Å². The van der Waals surface area contributed by atoms with Gasteiger partial charge >= 0.3 is 0 Å². The molecule has 0 atom stereocenters. The van der Waals surface area contributed by atoms with Crippen LogP contribution in [0.2, 0.25) is 0 Å². The van der Waals surface area contributed by atoms with Crippen LogP contribution >= 0.6 is 45.2 Å². The molecule has 0 heterocycles. The van der Waals surface area contributed by atoms with Crippen LogP contribution in [-0.2, 0) is 0 Å². The fourth-order valence-corrected chi connectivity index (χ4v) is 3.85. The van der Waals surface area contributed by atoms with Crippen molar-refractivity contribution in [2.75, 3.05) is 14.2 Å². The Balaban J connectivity index is 2.37. The molecule has 0 aliphatic rings. The van der Waals surface area contributed by atoms with Gasteiger partial charge in [0.15, 0.2) is 23.0 Å². The van der Waals surface area contributed by atoms with Gasteiger partial charge in [-0.25, -0.2) is 0 Å². The maximum absolute atomic E-state index is 11.5. The van der Waals surface area contributed by atoms with E-state index in [1.54, 1.807) is 33.3 Å². The topological polar surface area (TPSA) is 44.8 Å². The normalized spacial score (nSPS) is 10.2. The summed E-state index contributed by atoms with van der Waals surface area (Å²) in [6.45, 7) is 1.55. The summed E-state index contributed by atoms with van der Waals surface area (Å²) < 4.78 is 18.2. The highest BCUT2D eigenvalue weighted by Crippen LogP contribution is 2.36. The molecule has 0 fully saturated rings. The zero-order chi connectivity index (χ0) is 16.3. The van der Waals surface area contributed by atoms with Crippen LogP contribution in [0.3, 0.4) is 0 Å². The maximum atomic E-state index is 11.5. The SMILES string of the molecule is COc1ccc(Oc2c(I)cc(C(C)=O)cc2I)cc1OC. The van der Waals surface area contributed by atoms with Crippen LogP contribution in [0.5, 0.6) is 23.0 Å². The number of hydrogen-bond donors (Lipinski definition) is 0. The largest absolute Gasteiger partial charge is 0.493 e. The first-order chi connectivity index (χ1) is 10.5. The summed E-state index contributed by atoms with van der Waals surface area (Å²) in [6, 6.07) is 9.01. The minimum Gasteiger partial charge on any atom is -0.493 e. The molecule has 0 saturated heterocycles. The Morgan fingerprint density at radius 2 is 1.55 bits per heavy atom. The number of ketones is 1. The Morgan fingerprint density at radius 3 is 2.05 bits per heavy atom. The third-order valence-corrected chi connectivity index (χ3v) is 4.58. The summed E-state index contributed by atoms with van der Waals surface area (Å²) in [7, 11) is 3.17. The summed E-state index contributed by atoms with van der Waals surface area (Å²) in [5.41, 5.74) is 0.675. The fourth-order valence-electron chi connectivity index (χ4n) is 1.86. The van der Waals surface area contributed by atoms with Gasteiger partial charge in [-0.05, 0) is 76.4 Å². The first kappa shape index (κ1) is 17.3. The minimum absolute atomic E-state index is 0.0356. The van der Waals surface area contributed by atoms with Gasteiger partial charge in [-0.3, -0.25) is 4.79 Å². The molecule has 6 heteroatoms. The van der Waals surface area contributed by atoms with Crippen LogP contribution in [0.15, 0.2) is 30.3 Å². The Bertz CT molecular complexity index is 690. The number of ether oxygens (including phenoxy) is 3. The minimum atomic E-state index is 0.0356. The van der Waals surface area contributed by atoms with Crippen LogP contribution in [0.1, 0.15) is 17.3 Å². The lowest BCUT2D eigenvalue weighted by Crippen LogP contribution is -1.98. The van der Waals surface area contributed by atoms with Crippen molar-refractivity contribution in [2.45, 2.75) is 6.92 Å². The summed E-state index contributed by atoms with van der Waals surface area (Å²) in [5, 5.41) is 0. The number of hydrogen-bond acceptors (Lipinski definition) is 4. The molecule has 0 saturated carbocycles. The number of rotatable bonds is 5. The average Bonchev–Trinajstić information content (AvgIpc) is 2.50. The quantitative estimate of drug-likeness (QED) is 0.413. The summed E-state index contributed by atoms with van der Waals surface area (Å²) in [6.07, 6.45) is 0. The predicted molar refractivity (Wildman–Crippen MR) is 102 cm³/mol. The van der Waals surface area contributed by atoms with E-state index in [1.165, 1.54) is 0 Å². The first-order valence-corrected chi connectivity index (χ1v) is 8.52. The zero-order valence-corrected chi connectivity index (χ0v) is 16.6. The molecule has 4 nitrogen and oxygen atoms in total. The van der Waals surface area contributed by atoms with E-state index in [2.05, 4.69) is 45.2 Å². The van der Waals surface area contributed by atoms with Gasteiger partial charge in [-0.1, -0.05) is 0 Å². The zero-order valence-electron chi connectivity index (χ0n) is 12.3. The highest BCUT2D eigenvalue weighted by molar-refractivity contribution is 14.1. The first-order valence-electron chi connectivity index (χ1n) is 6.36. The molecule has 0 amide bonds. The Morgan fingerprint density at radius 1 is 0.955 bits per heavy atom. The van der Waals surface area contributed by atoms with Crippen molar-refractivity contribution < 1.29 is 19.0 Å². The lowest BCUT2D eigenvalue weighted by Gasteiger charge is -2.13. The average molecular weight is 524 g/mol. The summed E-state index contributed by atoms with van der Waals surface area (Å²) in [5.74, 6) is 2.65. The van der Waals surface area contributed by atoms with Crippen LogP contribution < -0.4 is 14.2 Å². The number of benzene rings is 2. The molecule has 0 unspecified atom stereocenters. The van der Waals surface area contributed by atoms with Gasteiger partial charge in [0.05, 0.1) is 21.4 Å². The van der Waals surface area contributed by atoms with Crippen molar-refractivity contribution in [3.63, 3.8) is 0 Å². The molecule has 0 N–H and O–H groups in total. The van der Waals surface area contributed by atoms with Crippen LogP contribution in [0.4, 0.5) is 0 Å². The molecule has 116 valence electrons. The molecule has 0 aliphatic carbocycles. The van der Waals surface area contributed by atoms with E-state index in [0.29, 0.717) is 22.8 Å². The van der Waals surface area contributed by atoms with Gasteiger partial charge in [0, 0.05) is 11.6 Å². The van der Waals surface area contributed by atoms with Crippen molar-refractivity contribution in [3.8, 4) is 23.0 Å². The molecule has 0 bridgehead atoms. The monoisotopic (exact) mass is 524 g/mol. The number of methoxy groups -OCH3 is 2. The second kappa shape index (κ2) is 7.49. The Labute approximate surface area is 156 Å². The van der Waals surface area contributed by atoms with Gasteiger partial charge < -0.3 is 14.2 Å². The van der Waals surface area contributed by atoms with E-state index >= 15 is 0 Å². The number of carbonyl (C=O) groups is 1. The molecule has 0 aliphatic heterocycles. The molecule has 2 aromatic carbocycles. The smallest absolute Gasteiger partial charge is 0.164 e. The lowest BCUT2D eigenvalue weighted by molar-refractivity contribution is 0.101. The van der Waals surface area contributed by atoms with Gasteiger partial charge in [-0.2, -0.15) is 0 Å². The predicted octanol–water partition coefficient (Wildman–Crippen LogP) is 4.91. The Hall–Kier alpha value is -1.03. The van der Waals surface area contributed by atoms with E-state index in [1.807, 2.05) is 18.2 Å². The van der Waals surface area contributed by atoms with E-state index in [0.717, 1.165) is 12.9 Å². The van der Waals surface area contributed by atoms with Gasteiger partial charge in [0.2, 0.25) is 0 Å². The molecular formula is C16H14I2O4. The lowest BCUT2D eigenvalue weighted by atomic mass is 10.1. The Kier molecular flexibility index (Phi) is 5.90. The summed E-state index contributed by atoms with van der Waals surface area (Å²) in [4.78, 5) is 11.5. The van der Waals surface area contributed by atoms with Gasteiger partial charge in [-0.15, -0.1) is 0 Å². The second-order valence-electron chi connectivity index (χ2n) is 4.44. The van der Waals surface area contributed by atoms with Crippen molar-refractivity contribution in [2.24, 2.45) is 0 Å². The number of halogens is 2. The molecule has 0 spiro atoms. The third kappa shape index (κ3) is 3.83. The molecule has 22 heavy (non-hydrogen) atoms. The van der Waals surface area contributed by atoms with Gasteiger partial charge in [0.25, 0.3) is 0 Å². The van der Waals surface area contributed by atoms with Crippen LogP contribution in [0, 0.1) is 7.14 Å². The molecule has 2 rings (SSSR count). The molecule has 2 aromatic rings. The molecule has 0 aromatic heterocycles. The van der Waals surface area contributed by atoms with Crippen LogP contribution in [-0.4, -0.2) is 20.0 Å². The van der Waals surface area contributed by atoms with Crippen molar-refractivity contribution in [1.82, 2.24) is 0 Å². The van der Waals surface area contributed by atoms with Crippen molar-refractivity contribution in [1.29, 1.82) is 0 Å². The standard InChI is InChI=1S/C16H14I2O4/c1-9(19)10-6-12(17)16(13(18)7-10)22-11-4-5-14(20-2)15(8-11)21-3/h4-8H,1-3H3. The number of Topliss-reactive ketones (excluding diaryl/α,β-unsaturated/α-hetero) is 1.